The summed E-state index contributed by atoms with van der Waals surface area (Å²) in [6.45, 7) is 4.57. The van der Waals surface area contributed by atoms with Crippen molar-refractivity contribution in [3.8, 4) is 11.5 Å². The van der Waals surface area contributed by atoms with Gasteiger partial charge < -0.3 is 19.7 Å². The fraction of sp³-hybridized carbons (Fsp3) is 0.350. The molecule has 27 heavy (non-hydrogen) atoms. The van der Waals surface area contributed by atoms with Crippen LogP contribution in [0.15, 0.2) is 48.5 Å². The van der Waals surface area contributed by atoms with Gasteiger partial charge in [-0.15, -0.1) is 0 Å². The summed E-state index contributed by atoms with van der Waals surface area (Å²) >= 11 is 0. The van der Waals surface area contributed by atoms with Crippen LogP contribution in [-0.2, 0) is 0 Å². The molecule has 2 aromatic rings. The Morgan fingerprint density at radius 1 is 1.07 bits per heavy atom. The van der Waals surface area contributed by atoms with Crippen molar-refractivity contribution in [2.45, 2.75) is 20.5 Å². The van der Waals surface area contributed by atoms with Crippen molar-refractivity contribution in [2.24, 2.45) is 0 Å². The Labute approximate surface area is 157 Å². The Balaban J connectivity index is 1.93. The number of benzene rings is 2. The Kier molecular flexibility index (Phi) is 8.00. The molecule has 5 nitrogen and oxygen atoms in total. The third kappa shape index (κ3) is 6.53. The topological polar surface area (TPSA) is 50.8 Å². The lowest BCUT2D eigenvalue weighted by molar-refractivity contribution is -0.0501. The summed E-state index contributed by atoms with van der Waals surface area (Å²) in [5.41, 5.74) is 0.570. The van der Waals surface area contributed by atoms with Gasteiger partial charge in [0.15, 0.2) is 0 Å². The molecule has 146 valence electrons. The van der Waals surface area contributed by atoms with E-state index < -0.39 is 12.5 Å². The molecule has 0 atom stereocenters. The largest absolute Gasteiger partial charge is 0.492 e. The summed E-state index contributed by atoms with van der Waals surface area (Å²) in [5.74, 6) is 0.00407. The van der Waals surface area contributed by atoms with Crippen molar-refractivity contribution >= 4 is 11.6 Å². The van der Waals surface area contributed by atoms with Crippen LogP contribution in [0.1, 0.15) is 24.2 Å². The zero-order valence-corrected chi connectivity index (χ0v) is 15.5. The van der Waals surface area contributed by atoms with E-state index in [1.54, 1.807) is 30.3 Å². The molecule has 0 aliphatic carbocycles. The zero-order valence-electron chi connectivity index (χ0n) is 15.5. The maximum absolute atomic E-state index is 12.5. The number of likely N-dealkylation sites (N-methyl/N-ethyl adjacent to an activating group) is 1. The number of hydrogen-bond acceptors (Lipinski definition) is 4. The Morgan fingerprint density at radius 2 is 1.74 bits per heavy atom. The average molecular weight is 378 g/mol. The predicted octanol–water partition coefficient (Wildman–Crippen LogP) is 4.26. The monoisotopic (exact) mass is 378 g/mol. The number of anilines is 1. The minimum Gasteiger partial charge on any atom is -0.492 e. The van der Waals surface area contributed by atoms with Crippen molar-refractivity contribution < 1.29 is 23.0 Å². The number of carbonyl (C=O) groups excluding carboxylic acids is 1. The molecule has 0 bridgehead atoms. The Hall–Kier alpha value is -2.67. The molecule has 0 unspecified atom stereocenters. The van der Waals surface area contributed by atoms with E-state index in [1.165, 1.54) is 18.2 Å². The van der Waals surface area contributed by atoms with Crippen LogP contribution in [-0.4, -0.2) is 43.7 Å². The van der Waals surface area contributed by atoms with Crippen molar-refractivity contribution in [3.05, 3.63) is 54.1 Å². The molecular weight excluding hydrogens is 354 g/mol. The molecular formula is C20H24F2N2O3. The molecule has 0 heterocycles. The van der Waals surface area contributed by atoms with Gasteiger partial charge in [-0.3, -0.25) is 4.79 Å². The van der Waals surface area contributed by atoms with E-state index in [4.69, 9.17) is 4.74 Å². The fourth-order valence-corrected chi connectivity index (χ4v) is 2.52. The molecule has 0 spiro atoms. The molecule has 1 N–H and O–H groups in total. The fourth-order valence-electron chi connectivity index (χ4n) is 2.52. The maximum Gasteiger partial charge on any atom is 0.387 e. The number of amides is 1. The van der Waals surface area contributed by atoms with Gasteiger partial charge in [-0.25, -0.2) is 0 Å². The van der Waals surface area contributed by atoms with Crippen LogP contribution in [0.5, 0.6) is 11.5 Å². The lowest BCUT2D eigenvalue weighted by Crippen LogP contribution is -2.27. The Morgan fingerprint density at radius 3 is 2.37 bits per heavy atom. The highest BCUT2D eigenvalue weighted by Gasteiger charge is 2.15. The number of halogens is 2. The van der Waals surface area contributed by atoms with E-state index >= 15 is 0 Å². The third-order valence-corrected chi connectivity index (χ3v) is 4.03. The van der Waals surface area contributed by atoms with Crippen molar-refractivity contribution in [2.75, 3.05) is 31.6 Å². The normalized spacial score (nSPS) is 10.9. The number of ether oxygens (including phenoxy) is 2. The van der Waals surface area contributed by atoms with Crippen LogP contribution in [0.3, 0.4) is 0 Å². The third-order valence-electron chi connectivity index (χ3n) is 4.03. The highest BCUT2D eigenvalue weighted by Crippen LogP contribution is 2.22. The van der Waals surface area contributed by atoms with Crippen LogP contribution in [0.25, 0.3) is 0 Å². The second-order valence-corrected chi connectivity index (χ2v) is 5.73. The highest BCUT2D eigenvalue weighted by atomic mass is 19.3. The number of hydrogen-bond donors (Lipinski definition) is 1. The molecule has 7 heteroatoms. The predicted molar refractivity (Wildman–Crippen MR) is 101 cm³/mol. The van der Waals surface area contributed by atoms with Gasteiger partial charge in [0.2, 0.25) is 0 Å². The van der Waals surface area contributed by atoms with Crippen LogP contribution >= 0.6 is 0 Å². The standard InChI is InChI=1S/C20H24F2N2O3/c1-3-24(4-2)13-14-26-16-11-9-15(10-12-16)23-19(25)17-7-5-6-8-18(17)27-20(21)22/h5-12,20H,3-4,13-14H2,1-2H3,(H,23,25). The van der Waals surface area contributed by atoms with Crippen molar-refractivity contribution in [1.29, 1.82) is 0 Å². The molecule has 0 fully saturated rings. The summed E-state index contributed by atoms with van der Waals surface area (Å²) in [4.78, 5) is 14.6. The summed E-state index contributed by atoms with van der Waals surface area (Å²) in [6.07, 6.45) is 0. The molecule has 2 rings (SSSR count). The van der Waals surface area contributed by atoms with Gasteiger partial charge in [0.25, 0.3) is 5.91 Å². The molecule has 0 aliphatic rings. The number of para-hydroxylation sites is 1. The minimum atomic E-state index is -2.99. The quantitative estimate of drug-likeness (QED) is 0.671. The lowest BCUT2D eigenvalue weighted by atomic mass is 10.2. The van der Waals surface area contributed by atoms with Crippen molar-refractivity contribution in [1.82, 2.24) is 4.90 Å². The lowest BCUT2D eigenvalue weighted by Gasteiger charge is -2.18. The van der Waals surface area contributed by atoms with E-state index in [0.717, 1.165) is 19.6 Å². The first kappa shape index (κ1) is 20.6. The first-order valence-corrected chi connectivity index (χ1v) is 8.83. The van der Waals surface area contributed by atoms with Gasteiger partial charge in [-0.1, -0.05) is 26.0 Å². The Bertz CT molecular complexity index is 719. The number of rotatable bonds is 10. The number of nitrogens with zero attached hydrogens (tertiary/aromatic N) is 1. The van der Waals surface area contributed by atoms with Crippen LogP contribution < -0.4 is 14.8 Å². The molecule has 0 radical (unpaired) electrons. The first-order chi connectivity index (χ1) is 13.0. The average Bonchev–Trinajstić information content (AvgIpc) is 2.66. The number of nitrogens with one attached hydrogen (secondary N) is 1. The smallest absolute Gasteiger partial charge is 0.387 e. The summed E-state index contributed by atoms with van der Waals surface area (Å²) in [7, 11) is 0. The molecule has 0 saturated heterocycles. The SMILES string of the molecule is CCN(CC)CCOc1ccc(NC(=O)c2ccccc2OC(F)F)cc1. The minimum absolute atomic E-state index is 0.0392. The second kappa shape index (κ2) is 10.5. The van der Waals surface area contributed by atoms with Gasteiger partial charge >= 0.3 is 6.61 Å². The van der Waals surface area contributed by atoms with Crippen LogP contribution in [0, 0.1) is 0 Å². The zero-order chi connectivity index (χ0) is 19.6. The van der Waals surface area contributed by atoms with Crippen molar-refractivity contribution in [3.63, 3.8) is 0 Å². The van der Waals surface area contributed by atoms with E-state index in [-0.39, 0.29) is 11.3 Å². The highest BCUT2D eigenvalue weighted by molar-refractivity contribution is 6.06. The van der Waals surface area contributed by atoms with E-state index in [0.29, 0.717) is 18.0 Å². The first-order valence-electron chi connectivity index (χ1n) is 8.83. The van der Waals surface area contributed by atoms with Crippen LogP contribution in [0.2, 0.25) is 0 Å². The molecule has 0 aromatic heterocycles. The van der Waals surface area contributed by atoms with Gasteiger partial charge in [0.1, 0.15) is 18.1 Å². The van der Waals surface area contributed by atoms with Gasteiger partial charge in [0, 0.05) is 12.2 Å². The van der Waals surface area contributed by atoms with Crippen LogP contribution in [0.4, 0.5) is 14.5 Å². The molecule has 1 amide bonds. The van der Waals surface area contributed by atoms with Gasteiger partial charge in [-0.05, 0) is 49.5 Å². The van der Waals surface area contributed by atoms with E-state index in [1.807, 2.05) is 0 Å². The second-order valence-electron chi connectivity index (χ2n) is 5.73. The molecule has 0 saturated carbocycles. The maximum atomic E-state index is 12.5. The number of carbonyl (C=O) groups is 1. The summed E-state index contributed by atoms with van der Waals surface area (Å²) in [6, 6.07) is 12.8. The molecule has 2 aromatic carbocycles. The summed E-state index contributed by atoms with van der Waals surface area (Å²) < 4.78 is 35.0. The summed E-state index contributed by atoms with van der Waals surface area (Å²) in [5, 5.41) is 2.66. The van der Waals surface area contributed by atoms with E-state index in [2.05, 4.69) is 28.8 Å². The van der Waals surface area contributed by atoms with E-state index in [9.17, 15) is 13.6 Å². The molecule has 0 aliphatic heterocycles. The van der Waals surface area contributed by atoms with Gasteiger partial charge in [0.05, 0.1) is 5.56 Å². The number of alkyl halides is 2. The van der Waals surface area contributed by atoms with Gasteiger partial charge in [-0.2, -0.15) is 8.78 Å².